The first kappa shape index (κ1) is 14.1. The van der Waals surface area contributed by atoms with Crippen LogP contribution in [0.3, 0.4) is 0 Å². The summed E-state index contributed by atoms with van der Waals surface area (Å²) in [5.74, 6) is -0.360. The molecule has 0 atom stereocenters. The molecule has 0 bridgehead atoms. The van der Waals surface area contributed by atoms with Gasteiger partial charge in [-0.15, -0.1) is 11.3 Å². The van der Waals surface area contributed by atoms with Gasteiger partial charge in [-0.05, 0) is 46.3 Å². The number of anilines is 1. The number of carbonyl (C=O) groups excluding carboxylic acids is 1. The van der Waals surface area contributed by atoms with Crippen LogP contribution in [0, 0.1) is 0 Å². The van der Waals surface area contributed by atoms with Crippen LogP contribution in [0.5, 0.6) is 0 Å². The van der Waals surface area contributed by atoms with Gasteiger partial charge in [0, 0.05) is 11.1 Å². The summed E-state index contributed by atoms with van der Waals surface area (Å²) in [5.41, 5.74) is 0.0286. The van der Waals surface area contributed by atoms with Crippen LogP contribution < -0.4 is 5.32 Å². The van der Waals surface area contributed by atoms with E-state index in [-0.39, 0.29) is 5.91 Å². The summed E-state index contributed by atoms with van der Waals surface area (Å²) in [6.07, 6.45) is -4.37. The molecular formula is C12H7BrF3NOS. The van der Waals surface area contributed by atoms with E-state index >= 15 is 0 Å². The smallest absolute Gasteiger partial charge is 0.322 e. The van der Waals surface area contributed by atoms with Crippen molar-refractivity contribution in [3.05, 3.63) is 50.6 Å². The molecule has 0 saturated heterocycles. The zero-order valence-corrected chi connectivity index (χ0v) is 11.7. The van der Waals surface area contributed by atoms with E-state index in [9.17, 15) is 18.0 Å². The zero-order chi connectivity index (χ0) is 14.0. The minimum absolute atomic E-state index is 0.320. The molecule has 19 heavy (non-hydrogen) atoms. The number of nitrogens with one attached hydrogen (secondary N) is 1. The van der Waals surface area contributed by atoms with Crippen molar-refractivity contribution < 1.29 is 18.0 Å². The van der Waals surface area contributed by atoms with Crippen LogP contribution in [0.2, 0.25) is 0 Å². The predicted molar refractivity (Wildman–Crippen MR) is 71.4 cm³/mol. The van der Waals surface area contributed by atoms with Gasteiger partial charge in [-0.1, -0.05) is 0 Å². The quantitative estimate of drug-likeness (QED) is 0.830. The molecular weight excluding hydrogens is 343 g/mol. The molecule has 100 valence electrons. The SMILES string of the molecule is O=C(Nc1ccc(C(F)(F)F)cc1)c1csc(Br)c1. The lowest BCUT2D eigenvalue weighted by Gasteiger charge is -2.08. The number of benzene rings is 1. The van der Waals surface area contributed by atoms with Crippen molar-refractivity contribution >= 4 is 38.9 Å². The van der Waals surface area contributed by atoms with Crippen molar-refractivity contribution in [2.75, 3.05) is 5.32 Å². The Kier molecular flexibility index (Phi) is 3.96. The minimum atomic E-state index is -4.37. The third kappa shape index (κ3) is 3.57. The molecule has 2 aromatic rings. The van der Waals surface area contributed by atoms with E-state index in [1.54, 1.807) is 11.4 Å². The maximum atomic E-state index is 12.4. The standard InChI is InChI=1S/C12H7BrF3NOS/c13-10-5-7(6-19-10)11(18)17-9-3-1-8(2-4-9)12(14,15)16/h1-6H,(H,17,18). The average molecular weight is 350 g/mol. The molecule has 0 aliphatic heterocycles. The largest absolute Gasteiger partial charge is 0.416 e. The molecule has 0 aliphatic carbocycles. The molecule has 0 aliphatic rings. The lowest BCUT2D eigenvalue weighted by atomic mass is 10.2. The topological polar surface area (TPSA) is 29.1 Å². The van der Waals surface area contributed by atoms with Gasteiger partial charge in [0.25, 0.3) is 5.91 Å². The van der Waals surface area contributed by atoms with Gasteiger partial charge in [-0.25, -0.2) is 0 Å². The van der Waals surface area contributed by atoms with Gasteiger partial charge in [0.1, 0.15) is 0 Å². The minimum Gasteiger partial charge on any atom is -0.322 e. The summed E-state index contributed by atoms with van der Waals surface area (Å²) in [5, 5.41) is 4.19. The second kappa shape index (κ2) is 5.34. The first-order chi connectivity index (χ1) is 8.86. The van der Waals surface area contributed by atoms with Gasteiger partial charge in [0.05, 0.1) is 14.9 Å². The summed E-state index contributed by atoms with van der Waals surface area (Å²) in [4.78, 5) is 11.8. The number of alkyl halides is 3. The number of rotatable bonds is 2. The predicted octanol–water partition coefficient (Wildman–Crippen LogP) is 4.78. The molecule has 0 radical (unpaired) electrons. The second-order valence-corrected chi connectivity index (χ2v) is 5.96. The highest BCUT2D eigenvalue weighted by Gasteiger charge is 2.29. The van der Waals surface area contributed by atoms with E-state index in [4.69, 9.17) is 0 Å². The van der Waals surface area contributed by atoms with Crippen molar-refractivity contribution in [3.8, 4) is 0 Å². The molecule has 0 fully saturated rings. The van der Waals surface area contributed by atoms with Crippen LogP contribution in [0.25, 0.3) is 0 Å². The van der Waals surface area contributed by atoms with Crippen molar-refractivity contribution in [1.82, 2.24) is 0 Å². The van der Waals surface area contributed by atoms with Crippen molar-refractivity contribution in [2.24, 2.45) is 0 Å². The Morgan fingerprint density at radius 2 is 1.84 bits per heavy atom. The molecule has 1 aromatic heterocycles. The molecule has 2 rings (SSSR count). The van der Waals surface area contributed by atoms with Gasteiger partial charge in [-0.3, -0.25) is 4.79 Å². The van der Waals surface area contributed by atoms with Crippen LogP contribution in [0.4, 0.5) is 18.9 Å². The van der Waals surface area contributed by atoms with Crippen LogP contribution in [-0.2, 0) is 6.18 Å². The van der Waals surface area contributed by atoms with Crippen LogP contribution >= 0.6 is 27.3 Å². The number of halogens is 4. The number of carbonyl (C=O) groups is 1. The monoisotopic (exact) mass is 349 g/mol. The molecule has 1 N–H and O–H groups in total. The van der Waals surface area contributed by atoms with Crippen LogP contribution in [-0.4, -0.2) is 5.91 Å². The Bertz CT molecular complexity index is 592. The van der Waals surface area contributed by atoms with E-state index in [2.05, 4.69) is 21.2 Å². The summed E-state index contributed by atoms with van der Waals surface area (Å²) >= 11 is 4.59. The summed E-state index contributed by atoms with van der Waals surface area (Å²) in [6.45, 7) is 0. The van der Waals surface area contributed by atoms with E-state index in [0.717, 1.165) is 15.9 Å². The maximum Gasteiger partial charge on any atom is 0.416 e. The third-order valence-electron chi connectivity index (χ3n) is 2.30. The molecule has 1 heterocycles. The van der Waals surface area contributed by atoms with Gasteiger partial charge in [0.15, 0.2) is 0 Å². The number of hydrogen-bond acceptors (Lipinski definition) is 2. The molecule has 1 aromatic carbocycles. The Balaban J connectivity index is 2.10. The lowest BCUT2D eigenvalue weighted by Crippen LogP contribution is -2.11. The Morgan fingerprint density at radius 1 is 1.21 bits per heavy atom. The molecule has 0 saturated carbocycles. The van der Waals surface area contributed by atoms with Crippen molar-refractivity contribution in [2.45, 2.75) is 6.18 Å². The summed E-state index contributed by atoms with van der Waals surface area (Å²) in [7, 11) is 0. The fourth-order valence-electron chi connectivity index (χ4n) is 1.37. The highest BCUT2D eigenvalue weighted by Crippen LogP contribution is 2.30. The number of hydrogen-bond donors (Lipinski definition) is 1. The average Bonchev–Trinajstić information content (AvgIpc) is 2.75. The molecule has 0 unspecified atom stereocenters. The first-order valence-electron chi connectivity index (χ1n) is 5.09. The van der Waals surface area contributed by atoms with Gasteiger partial charge >= 0.3 is 6.18 Å². The molecule has 2 nitrogen and oxygen atoms in total. The van der Waals surface area contributed by atoms with Crippen molar-refractivity contribution in [1.29, 1.82) is 0 Å². The van der Waals surface area contributed by atoms with E-state index < -0.39 is 11.7 Å². The van der Waals surface area contributed by atoms with Crippen LogP contribution in [0.1, 0.15) is 15.9 Å². The van der Waals surface area contributed by atoms with Gasteiger partial charge < -0.3 is 5.32 Å². The van der Waals surface area contributed by atoms with Crippen LogP contribution in [0.15, 0.2) is 39.5 Å². The maximum absolute atomic E-state index is 12.4. The highest BCUT2D eigenvalue weighted by molar-refractivity contribution is 9.11. The fourth-order valence-corrected chi connectivity index (χ4v) is 2.51. The Morgan fingerprint density at radius 3 is 2.32 bits per heavy atom. The Labute approximate surface area is 119 Å². The number of amides is 1. The third-order valence-corrected chi connectivity index (χ3v) is 3.80. The van der Waals surface area contributed by atoms with Gasteiger partial charge in [0.2, 0.25) is 0 Å². The molecule has 7 heteroatoms. The molecule has 1 amide bonds. The van der Waals surface area contributed by atoms with E-state index in [1.165, 1.54) is 23.5 Å². The normalized spacial score (nSPS) is 11.4. The van der Waals surface area contributed by atoms with E-state index in [1.807, 2.05) is 0 Å². The zero-order valence-electron chi connectivity index (χ0n) is 9.29. The highest BCUT2D eigenvalue weighted by atomic mass is 79.9. The summed E-state index contributed by atoms with van der Waals surface area (Å²) in [6, 6.07) is 5.95. The number of thiophene rings is 1. The van der Waals surface area contributed by atoms with Crippen molar-refractivity contribution in [3.63, 3.8) is 0 Å². The fraction of sp³-hybridized carbons (Fsp3) is 0.0833. The second-order valence-electron chi connectivity index (χ2n) is 3.67. The lowest BCUT2D eigenvalue weighted by molar-refractivity contribution is -0.137. The summed E-state index contributed by atoms with van der Waals surface area (Å²) < 4.78 is 37.9. The molecule has 0 spiro atoms. The van der Waals surface area contributed by atoms with Gasteiger partial charge in [-0.2, -0.15) is 13.2 Å². The van der Waals surface area contributed by atoms with E-state index in [0.29, 0.717) is 11.3 Å². The first-order valence-corrected chi connectivity index (χ1v) is 6.76. The Hall–Kier alpha value is -1.34.